The molecule has 0 fully saturated rings. The summed E-state index contributed by atoms with van der Waals surface area (Å²) in [5, 5.41) is 2.70. The van der Waals surface area contributed by atoms with Gasteiger partial charge in [-0.15, -0.1) is 0 Å². The van der Waals surface area contributed by atoms with Gasteiger partial charge in [-0.3, -0.25) is 4.79 Å². The first-order valence-corrected chi connectivity index (χ1v) is 7.22. The summed E-state index contributed by atoms with van der Waals surface area (Å²) in [6.45, 7) is 5.27. The second-order valence-electron chi connectivity index (χ2n) is 5.34. The van der Waals surface area contributed by atoms with Crippen molar-refractivity contribution >= 4 is 17.6 Å². The van der Waals surface area contributed by atoms with Crippen LogP contribution in [0.1, 0.15) is 28.4 Å². The molecule has 1 atom stereocenters. The molecule has 2 rings (SSSR count). The summed E-state index contributed by atoms with van der Waals surface area (Å²) in [5.74, 6) is -2.02. The van der Waals surface area contributed by atoms with E-state index in [4.69, 9.17) is 4.74 Å². The molecule has 0 aromatic heterocycles. The molecule has 0 aliphatic carbocycles. The Morgan fingerprint density at radius 1 is 1.13 bits per heavy atom. The molecule has 2 aromatic rings. The molecule has 2 aromatic carbocycles. The Morgan fingerprint density at radius 2 is 1.83 bits per heavy atom. The summed E-state index contributed by atoms with van der Waals surface area (Å²) in [5.41, 5.74) is 2.44. The highest BCUT2D eigenvalue weighted by Gasteiger charge is 2.21. The summed E-state index contributed by atoms with van der Waals surface area (Å²) < 4.78 is 18.6. The molecule has 0 aliphatic heterocycles. The van der Waals surface area contributed by atoms with E-state index in [0.717, 1.165) is 17.2 Å². The summed E-state index contributed by atoms with van der Waals surface area (Å²) >= 11 is 0. The standard InChI is InChI=1S/C18H18FNO3/c1-11-8-9-16(12(2)10-11)20-17(21)13(3)23-18(22)14-6-4-5-7-15(14)19/h4-10,13H,1-3H3,(H,20,21)/t13-/m1/s1. The van der Waals surface area contributed by atoms with E-state index >= 15 is 0 Å². The molecule has 0 bridgehead atoms. The van der Waals surface area contributed by atoms with Crippen LogP contribution in [0.3, 0.4) is 0 Å². The van der Waals surface area contributed by atoms with Crippen LogP contribution < -0.4 is 5.32 Å². The third kappa shape index (κ3) is 4.16. The molecule has 0 aliphatic rings. The molecule has 1 N–H and O–H groups in total. The Morgan fingerprint density at radius 3 is 2.48 bits per heavy atom. The van der Waals surface area contributed by atoms with E-state index in [2.05, 4.69) is 5.32 Å². The Balaban J connectivity index is 2.03. The number of nitrogens with one attached hydrogen (secondary N) is 1. The van der Waals surface area contributed by atoms with E-state index in [-0.39, 0.29) is 5.56 Å². The van der Waals surface area contributed by atoms with Gasteiger partial charge in [-0.05, 0) is 44.5 Å². The maximum Gasteiger partial charge on any atom is 0.341 e. The van der Waals surface area contributed by atoms with Crippen molar-refractivity contribution in [3.8, 4) is 0 Å². The molecule has 0 spiro atoms. The number of anilines is 1. The molecular formula is C18H18FNO3. The van der Waals surface area contributed by atoms with Crippen molar-refractivity contribution in [3.05, 3.63) is 65.0 Å². The number of amides is 1. The van der Waals surface area contributed by atoms with Crippen LogP contribution in [0.15, 0.2) is 42.5 Å². The van der Waals surface area contributed by atoms with E-state index in [9.17, 15) is 14.0 Å². The summed E-state index contributed by atoms with van der Waals surface area (Å²) in [7, 11) is 0. The lowest BCUT2D eigenvalue weighted by Gasteiger charge is -2.15. The van der Waals surface area contributed by atoms with Gasteiger partial charge in [0.05, 0.1) is 5.56 Å². The third-order valence-electron chi connectivity index (χ3n) is 3.39. The molecule has 4 nitrogen and oxygen atoms in total. The second kappa shape index (κ2) is 7.05. The van der Waals surface area contributed by atoms with Crippen molar-refractivity contribution in [2.24, 2.45) is 0 Å². The first-order valence-electron chi connectivity index (χ1n) is 7.22. The molecular weight excluding hydrogens is 297 g/mol. The molecule has 0 saturated heterocycles. The van der Waals surface area contributed by atoms with Crippen molar-refractivity contribution in [1.82, 2.24) is 0 Å². The number of hydrogen-bond donors (Lipinski definition) is 1. The molecule has 0 heterocycles. The van der Waals surface area contributed by atoms with E-state index in [1.54, 1.807) is 6.07 Å². The van der Waals surface area contributed by atoms with Gasteiger partial charge < -0.3 is 10.1 Å². The van der Waals surface area contributed by atoms with Gasteiger partial charge in [0.15, 0.2) is 6.10 Å². The lowest BCUT2D eigenvalue weighted by atomic mass is 10.1. The predicted octanol–water partition coefficient (Wildman–Crippen LogP) is 3.63. The number of esters is 1. The van der Waals surface area contributed by atoms with Gasteiger partial charge in [-0.25, -0.2) is 9.18 Å². The third-order valence-corrected chi connectivity index (χ3v) is 3.39. The highest BCUT2D eigenvalue weighted by Crippen LogP contribution is 2.17. The first kappa shape index (κ1) is 16.7. The number of carbonyl (C=O) groups is 2. The molecule has 1 amide bonds. The largest absolute Gasteiger partial charge is 0.449 e. The minimum absolute atomic E-state index is 0.196. The zero-order valence-corrected chi connectivity index (χ0v) is 13.2. The quantitative estimate of drug-likeness (QED) is 0.877. The zero-order chi connectivity index (χ0) is 17.0. The van der Waals surface area contributed by atoms with Crippen LogP contribution in [0.25, 0.3) is 0 Å². The van der Waals surface area contributed by atoms with Gasteiger partial charge >= 0.3 is 5.97 Å². The van der Waals surface area contributed by atoms with Crippen LogP contribution in [0.5, 0.6) is 0 Å². The van der Waals surface area contributed by atoms with Crippen molar-refractivity contribution in [2.75, 3.05) is 5.32 Å². The van der Waals surface area contributed by atoms with Crippen LogP contribution >= 0.6 is 0 Å². The number of carbonyl (C=O) groups excluding carboxylic acids is 2. The second-order valence-corrected chi connectivity index (χ2v) is 5.34. The van der Waals surface area contributed by atoms with Gasteiger partial charge in [-0.2, -0.15) is 0 Å². The fourth-order valence-electron chi connectivity index (χ4n) is 2.09. The van der Waals surface area contributed by atoms with Gasteiger partial charge in [0.2, 0.25) is 0 Å². The molecule has 5 heteroatoms. The maximum absolute atomic E-state index is 13.5. The highest BCUT2D eigenvalue weighted by atomic mass is 19.1. The number of ether oxygens (including phenoxy) is 1. The number of rotatable bonds is 4. The van der Waals surface area contributed by atoms with Crippen LogP contribution in [0.4, 0.5) is 10.1 Å². The number of halogens is 1. The van der Waals surface area contributed by atoms with Crippen LogP contribution in [0.2, 0.25) is 0 Å². The minimum atomic E-state index is -1.04. The van der Waals surface area contributed by atoms with Gasteiger partial charge in [-0.1, -0.05) is 29.8 Å². The predicted molar refractivity (Wildman–Crippen MR) is 85.8 cm³/mol. The molecule has 0 saturated carbocycles. The maximum atomic E-state index is 13.5. The minimum Gasteiger partial charge on any atom is -0.449 e. The highest BCUT2D eigenvalue weighted by molar-refractivity contribution is 5.97. The monoisotopic (exact) mass is 315 g/mol. The molecule has 0 radical (unpaired) electrons. The Hall–Kier alpha value is -2.69. The average Bonchev–Trinajstić information content (AvgIpc) is 2.50. The zero-order valence-electron chi connectivity index (χ0n) is 13.2. The van der Waals surface area contributed by atoms with Gasteiger partial charge in [0.25, 0.3) is 5.91 Å². The number of benzene rings is 2. The van der Waals surface area contributed by atoms with Crippen molar-refractivity contribution in [2.45, 2.75) is 26.9 Å². The number of aryl methyl sites for hydroxylation is 2. The van der Waals surface area contributed by atoms with Crippen LogP contribution in [-0.4, -0.2) is 18.0 Å². The van der Waals surface area contributed by atoms with Gasteiger partial charge in [0.1, 0.15) is 5.82 Å². The molecule has 0 unspecified atom stereocenters. The summed E-state index contributed by atoms with van der Waals surface area (Å²) in [6.07, 6.45) is -1.04. The average molecular weight is 315 g/mol. The van der Waals surface area contributed by atoms with Crippen molar-refractivity contribution in [1.29, 1.82) is 0 Å². The lowest BCUT2D eigenvalue weighted by molar-refractivity contribution is -0.123. The smallest absolute Gasteiger partial charge is 0.341 e. The van der Waals surface area contributed by atoms with E-state index < -0.39 is 23.8 Å². The molecule has 120 valence electrons. The Bertz CT molecular complexity index is 743. The Labute approximate surface area is 134 Å². The van der Waals surface area contributed by atoms with Crippen LogP contribution in [0, 0.1) is 19.7 Å². The molecule has 23 heavy (non-hydrogen) atoms. The fraction of sp³-hybridized carbons (Fsp3) is 0.222. The fourth-order valence-corrected chi connectivity index (χ4v) is 2.09. The van der Waals surface area contributed by atoms with Crippen molar-refractivity contribution < 1.29 is 18.7 Å². The van der Waals surface area contributed by atoms with E-state index in [1.165, 1.54) is 25.1 Å². The SMILES string of the molecule is Cc1ccc(NC(=O)[C@@H](C)OC(=O)c2ccccc2F)c(C)c1. The van der Waals surface area contributed by atoms with Crippen molar-refractivity contribution in [3.63, 3.8) is 0 Å². The first-order chi connectivity index (χ1) is 10.9. The lowest BCUT2D eigenvalue weighted by Crippen LogP contribution is -2.30. The van der Waals surface area contributed by atoms with Crippen LogP contribution in [-0.2, 0) is 9.53 Å². The number of hydrogen-bond acceptors (Lipinski definition) is 3. The summed E-state index contributed by atoms with van der Waals surface area (Å²) in [6, 6.07) is 11.1. The van der Waals surface area contributed by atoms with Gasteiger partial charge in [0, 0.05) is 5.69 Å². The van der Waals surface area contributed by atoms with E-state index in [0.29, 0.717) is 5.69 Å². The Kier molecular flexibility index (Phi) is 5.11. The normalized spacial score (nSPS) is 11.7. The summed E-state index contributed by atoms with van der Waals surface area (Å²) in [4.78, 5) is 24.0. The van der Waals surface area contributed by atoms with E-state index in [1.807, 2.05) is 26.0 Å². The topological polar surface area (TPSA) is 55.4 Å².